The molecule has 3 heterocycles. The van der Waals surface area contributed by atoms with Gasteiger partial charge in [0.2, 0.25) is 0 Å². The molecule has 0 radical (unpaired) electrons. The van der Waals surface area contributed by atoms with E-state index in [1.165, 1.54) is 96.8 Å². The van der Waals surface area contributed by atoms with E-state index in [4.69, 9.17) is 4.74 Å². The molecule has 280 valence electrons. The summed E-state index contributed by atoms with van der Waals surface area (Å²) in [6, 6.07) is 0. The van der Waals surface area contributed by atoms with Gasteiger partial charge >= 0.3 is 5.97 Å². The Kier molecular flexibility index (Phi) is 9.90. The number of likely N-dealkylation sites (N-methyl/N-ethyl adjacent to an activating group) is 1. The first kappa shape index (κ1) is 35.7. The molecule has 7 heteroatoms. The predicted molar refractivity (Wildman–Crippen MR) is 198 cm³/mol. The van der Waals surface area contributed by atoms with Crippen LogP contribution < -0.4 is 0 Å². The lowest BCUT2D eigenvalue weighted by Gasteiger charge is -2.60. The van der Waals surface area contributed by atoms with Crippen molar-refractivity contribution in [2.75, 3.05) is 59.4 Å². The topological polar surface area (TPSA) is 73.3 Å². The van der Waals surface area contributed by atoms with E-state index >= 15 is 0 Å². The molecule has 50 heavy (non-hydrogen) atoms. The molecule has 5 aliphatic carbocycles. The fourth-order valence-corrected chi connectivity index (χ4v) is 14.5. The highest BCUT2D eigenvalue weighted by molar-refractivity contribution is 5.90. The number of fused-ring (bicyclic) bond motifs is 2. The highest BCUT2D eigenvalue weighted by Crippen LogP contribution is 2.84. The molecule has 7 nitrogen and oxygen atoms in total. The van der Waals surface area contributed by atoms with Crippen molar-refractivity contribution >= 4 is 12.3 Å². The number of allylic oxidation sites excluding steroid dienone is 1. The van der Waals surface area contributed by atoms with Crippen molar-refractivity contribution in [2.45, 2.75) is 123 Å². The van der Waals surface area contributed by atoms with Gasteiger partial charge < -0.3 is 29.3 Å². The van der Waals surface area contributed by atoms with Crippen LogP contribution in [0.25, 0.3) is 0 Å². The van der Waals surface area contributed by atoms with Gasteiger partial charge in [-0.3, -0.25) is 4.79 Å². The van der Waals surface area contributed by atoms with E-state index in [-0.39, 0.29) is 30.0 Å². The Morgan fingerprint density at radius 3 is 2.46 bits per heavy atom. The summed E-state index contributed by atoms with van der Waals surface area (Å²) >= 11 is 0. The van der Waals surface area contributed by atoms with Gasteiger partial charge in [-0.25, -0.2) is 0 Å². The Morgan fingerprint density at radius 1 is 0.960 bits per heavy atom. The summed E-state index contributed by atoms with van der Waals surface area (Å²) in [6.07, 6.45) is 20.2. The molecule has 0 aromatic rings. The smallest absolute Gasteiger partial charge is 0.315 e. The fraction of sp³-hybridized carbons (Fsp3) is 0.907. The minimum absolute atomic E-state index is 0.0895. The molecule has 4 saturated carbocycles. The molecule has 0 aromatic heterocycles. The summed E-state index contributed by atoms with van der Waals surface area (Å²) in [7, 11) is 2.26. The van der Waals surface area contributed by atoms with Crippen LogP contribution in [0.1, 0.15) is 111 Å². The van der Waals surface area contributed by atoms with Gasteiger partial charge in [-0.1, -0.05) is 64.5 Å². The maximum Gasteiger partial charge on any atom is 0.315 e. The third-order valence-corrected chi connectivity index (χ3v) is 16.9. The molecule has 7 fully saturated rings. The van der Waals surface area contributed by atoms with Crippen LogP contribution in [0.2, 0.25) is 0 Å². The minimum atomic E-state index is -1.13. The average Bonchev–Trinajstić information content (AvgIpc) is 3.90. The molecule has 0 spiro atoms. The van der Waals surface area contributed by atoms with E-state index in [1.54, 1.807) is 0 Å². The lowest BCUT2D eigenvalue weighted by molar-refractivity contribution is -0.197. The van der Waals surface area contributed by atoms with Crippen LogP contribution in [0.5, 0.6) is 0 Å². The van der Waals surface area contributed by atoms with Crippen molar-refractivity contribution in [3.63, 3.8) is 0 Å². The number of aldehydes is 1. The van der Waals surface area contributed by atoms with Crippen molar-refractivity contribution in [1.82, 2.24) is 14.7 Å². The molecule has 0 amide bonds. The molecule has 8 rings (SSSR count). The van der Waals surface area contributed by atoms with Gasteiger partial charge in [0.05, 0.1) is 17.6 Å². The van der Waals surface area contributed by atoms with Crippen LogP contribution in [-0.2, 0) is 14.3 Å². The number of piperidine rings is 1. The summed E-state index contributed by atoms with van der Waals surface area (Å²) in [5, 5.41) is 11.7. The number of ether oxygens (including phenoxy) is 1. The van der Waals surface area contributed by atoms with Crippen molar-refractivity contribution in [3.05, 3.63) is 11.6 Å². The van der Waals surface area contributed by atoms with Gasteiger partial charge in [0.25, 0.3) is 0 Å². The van der Waals surface area contributed by atoms with Crippen LogP contribution in [0.4, 0.5) is 0 Å². The zero-order chi connectivity index (χ0) is 34.8. The second-order valence-electron chi connectivity index (χ2n) is 19.4. The van der Waals surface area contributed by atoms with E-state index in [2.05, 4.69) is 48.6 Å². The fourth-order valence-electron chi connectivity index (χ4n) is 14.5. The normalized spacial score (nSPS) is 44.6. The summed E-state index contributed by atoms with van der Waals surface area (Å²) in [5.74, 6) is 2.73. The van der Waals surface area contributed by atoms with E-state index in [1.807, 2.05) is 0 Å². The zero-order valence-corrected chi connectivity index (χ0v) is 32.0. The van der Waals surface area contributed by atoms with Crippen LogP contribution in [0, 0.1) is 63.6 Å². The first-order valence-electron chi connectivity index (χ1n) is 21.3. The summed E-state index contributed by atoms with van der Waals surface area (Å²) in [6.45, 7) is 16.2. The Labute approximate surface area is 303 Å². The van der Waals surface area contributed by atoms with Crippen molar-refractivity contribution < 1.29 is 19.4 Å². The number of carboxylic acids is 1. The molecule has 4 bridgehead atoms. The number of nitrogens with zero attached hydrogens (tertiary/aromatic N) is 3. The van der Waals surface area contributed by atoms with Crippen LogP contribution in [0.15, 0.2) is 11.6 Å². The quantitative estimate of drug-likeness (QED) is 0.185. The number of rotatable bonds is 11. The van der Waals surface area contributed by atoms with E-state index in [0.29, 0.717) is 24.2 Å². The van der Waals surface area contributed by atoms with E-state index in [9.17, 15) is 14.7 Å². The molecular weight excluding hydrogens is 622 g/mol. The molecule has 6 unspecified atom stereocenters. The summed E-state index contributed by atoms with van der Waals surface area (Å²) in [4.78, 5) is 35.8. The lowest BCUT2D eigenvalue weighted by atomic mass is 9.41. The zero-order valence-electron chi connectivity index (χ0n) is 32.0. The first-order chi connectivity index (χ1) is 24.1. The molecule has 3 saturated heterocycles. The number of likely N-dealkylation sites (tertiary alicyclic amines) is 1. The summed E-state index contributed by atoms with van der Waals surface area (Å²) < 4.78 is 7.51. The number of carbonyl (C=O) groups is 2. The number of carboxylic acid groups (broad SMARTS) is 1. The SMILES string of the molecule is CC(C)C1=CC2CC3(C=O)[C@@H]4CC[C@@H](C)[C@H]4CC2(C2CC(CC4CCCC4)C(CN4CCC(CCN5CCCN(C)CC5)CC4)O2)[C@]13C(=O)O. The third-order valence-electron chi connectivity index (χ3n) is 16.9. The van der Waals surface area contributed by atoms with Crippen molar-refractivity contribution in [2.24, 2.45) is 63.6 Å². The monoisotopic (exact) mass is 692 g/mol. The average molecular weight is 692 g/mol. The van der Waals surface area contributed by atoms with Crippen molar-refractivity contribution in [1.29, 1.82) is 0 Å². The lowest BCUT2D eigenvalue weighted by Crippen LogP contribution is -2.65. The highest BCUT2D eigenvalue weighted by Gasteiger charge is 2.86. The maximum absolute atomic E-state index is 14.2. The van der Waals surface area contributed by atoms with E-state index in [0.717, 1.165) is 62.7 Å². The van der Waals surface area contributed by atoms with Gasteiger partial charge in [0.1, 0.15) is 11.7 Å². The first-order valence-corrected chi connectivity index (χ1v) is 21.3. The van der Waals surface area contributed by atoms with E-state index < -0.39 is 22.2 Å². The second-order valence-corrected chi connectivity index (χ2v) is 19.4. The van der Waals surface area contributed by atoms with Crippen molar-refractivity contribution in [3.8, 4) is 0 Å². The maximum atomic E-state index is 14.2. The Balaban J connectivity index is 1.03. The van der Waals surface area contributed by atoms with Gasteiger partial charge in [0.15, 0.2) is 0 Å². The molecule has 1 N–H and O–H groups in total. The van der Waals surface area contributed by atoms with Gasteiger partial charge in [-0.05, 0) is 145 Å². The molecule has 10 atom stereocenters. The van der Waals surface area contributed by atoms with Crippen LogP contribution >= 0.6 is 0 Å². The van der Waals surface area contributed by atoms with Gasteiger partial charge in [-0.2, -0.15) is 0 Å². The van der Waals surface area contributed by atoms with Gasteiger partial charge in [0, 0.05) is 25.0 Å². The molecule has 0 aromatic carbocycles. The summed E-state index contributed by atoms with van der Waals surface area (Å²) in [5.41, 5.74) is -1.40. The second kappa shape index (κ2) is 13.9. The highest BCUT2D eigenvalue weighted by atomic mass is 16.5. The Morgan fingerprint density at radius 2 is 1.74 bits per heavy atom. The largest absolute Gasteiger partial charge is 0.481 e. The number of carbonyl (C=O) groups excluding carboxylic acids is 1. The van der Waals surface area contributed by atoms with Crippen LogP contribution in [0.3, 0.4) is 0 Å². The van der Waals surface area contributed by atoms with Gasteiger partial charge in [-0.15, -0.1) is 0 Å². The Bertz CT molecular complexity index is 1290. The minimum Gasteiger partial charge on any atom is -0.481 e. The Hall–Kier alpha value is -1.28. The standard InChI is InChI=1S/C43H69N3O4/c1-29(2)37-24-34-25-41(28-47)36-11-10-30(3)35(36)26-42(34,43(37,41)40(48)49)39-23-33(22-32-8-5-6-9-32)38(50-39)27-46-18-13-31(14-19-46)12-17-45-16-7-15-44(4)20-21-45/h24,28-36,38-39H,5-23,25-27H2,1-4H3,(H,48,49)/t30-,33?,34?,35-,36-,38?,39?,41?,42?,43+/m1/s1. The third kappa shape index (κ3) is 5.46. The molecule has 3 aliphatic heterocycles. The predicted octanol–water partition coefficient (Wildman–Crippen LogP) is 7.00. The molecule has 8 aliphatic rings. The number of hydrogen-bond donors (Lipinski definition) is 1. The number of hydrogen-bond acceptors (Lipinski definition) is 6. The van der Waals surface area contributed by atoms with Crippen LogP contribution in [-0.4, -0.2) is 104 Å². The number of aliphatic carboxylic acids is 1. The molecular formula is C43H69N3O4.